The predicted molar refractivity (Wildman–Crippen MR) is 112 cm³/mol. The molecule has 1 saturated heterocycles. The summed E-state index contributed by atoms with van der Waals surface area (Å²) in [7, 11) is 2.12. The number of aryl methyl sites for hydroxylation is 2. The third kappa shape index (κ3) is 4.13. The minimum absolute atomic E-state index is 0.00790. The Morgan fingerprint density at radius 1 is 1.28 bits per heavy atom. The number of hydrogen-bond acceptors (Lipinski definition) is 5. The first-order valence-electron chi connectivity index (χ1n) is 10.5. The van der Waals surface area contributed by atoms with E-state index in [0.29, 0.717) is 0 Å². The Morgan fingerprint density at radius 3 is 2.90 bits per heavy atom. The summed E-state index contributed by atoms with van der Waals surface area (Å²) < 4.78 is 6.02. The summed E-state index contributed by atoms with van der Waals surface area (Å²) in [6.45, 7) is 8.53. The Morgan fingerprint density at radius 2 is 2.10 bits per heavy atom. The van der Waals surface area contributed by atoms with Gasteiger partial charge in [0, 0.05) is 43.5 Å². The van der Waals surface area contributed by atoms with Crippen molar-refractivity contribution in [2.75, 3.05) is 20.1 Å². The van der Waals surface area contributed by atoms with Gasteiger partial charge in [-0.25, -0.2) is 9.97 Å². The lowest BCUT2D eigenvalue weighted by molar-refractivity contribution is -0.139. The van der Waals surface area contributed by atoms with Gasteiger partial charge in [-0.3, -0.25) is 4.79 Å². The van der Waals surface area contributed by atoms with Gasteiger partial charge in [0.2, 0.25) is 0 Å². The Bertz CT molecular complexity index is 914. The van der Waals surface area contributed by atoms with Crippen LogP contribution in [0.4, 0.5) is 0 Å². The average Bonchev–Trinajstić information content (AvgIpc) is 3.18. The molecule has 0 spiro atoms. The number of nitrogens with zero attached hydrogens (tertiary/aromatic N) is 4. The molecule has 154 valence electrons. The molecule has 6 nitrogen and oxygen atoms in total. The topological polar surface area (TPSA) is 58.6 Å². The van der Waals surface area contributed by atoms with Crippen LogP contribution in [0.25, 0.3) is 0 Å². The zero-order valence-corrected chi connectivity index (χ0v) is 17.8. The van der Waals surface area contributed by atoms with Crippen LogP contribution in [0, 0.1) is 13.8 Å². The summed E-state index contributed by atoms with van der Waals surface area (Å²) in [4.78, 5) is 26.9. The summed E-state index contributed by atoms with van der Waals surface area (Å²) in [5.41, 5.74) is 4.56. The Kier molecular flexibility index (Phi) is 5.54. The Labute approximate surface area is 172 Å². The van der Waals surface area contributed by atoms with Crippen molar-refractivity contribution in [3.05, 3.63) is 52.6 Å². The number of hydrogen-bond donors (Lipinski definition) is 0. The van der Waals surface area contributed by atoms with E-state index in [4.69, 9.17) is 9.72 Å². The third-order valence-electron chi connectivity index (χ3n) is 5.96. The van der Waals surface area contributed by atoms with E-state index in [9.17, 15) is 4.79 Å². The van der Waals surface area contributed by atoms with Gasteiger partial charge in [0.25, 0.3) is 5.91 Å². The molecule has 1 aromatic carbocycles. The fourth-order valence-corrected chi connectivity index (χ4v) is 4.34. The van der Waals surface area contributed by atoms with Crippen molar-refractivity contribution in [1.29, 1.82) is 0 Å². The molecule has 2 aliphatic heterocycles. The molecule has 0 saturated carbocycles. The number of amides is 1. The number of likely N-dealkylation sites (tertiary alicyclic amines) is 1. The maximum Gasteiger partial charge on any atom is 0.263 e. The molecule has 0 radical (unpaired) electrons. The largest absolute Gasteiger partial charge is 0.481 e. The lowest BCUT2D eigenvalue weighted by Crippen LogP contribution is -2.40. The second-order valence-corrected chi connectivity index (χ2v) is 8.41. The second kappa shape index (κ2) is 8.11. The van der Waals surface area contributed by atoms with Gasteiger partial charge in [-0.15, -0.1) is 0 Å². The molecular weight excluding hydrogens is 364 g/mol. The highest BCUT2D eigenvalue weighted by molar-refractivity contribution is 5.81. The summed E-state index contributed by atoms with van der Waals surface area (Å²) in [5.74, 6) is 1.55. The van der Waals surface area contributed by atoms with E-state index < -0.39 is 6.10 Å². The zero-order chi connectivity index (χ0) is 20.5. The molecule has 1 aromatic heterocycles. The molecule has 1 amide bonds. The summed E-state index contributed by atoms with van der Waals surface area (Å²) in [6, 6.07) is 5.97. The summed E-state index contributed by atoms with van der Waals surface area (Å²) in [6.07, 6.45) is 4.22. The number of aromatic nitrogens is 2. The lowest BCUT2D eigenvalue weighted by Gasteiger charge is -2.29. The molecule has 6 heteroatoms. The van der Waals surface area contributed by atoms with E-state index in [1.54, 1.807) is 0 Å². The van der Waals surface area contributed by atoms with Crippen LogP contribution in [0.5, 0.6) is 5.75 Å². The number of carbonyl (C=O) groups is 1. The molecular formula is C23H30N4O2. The number of likely N-dealkylation sites (N-methyl/N-ethyl adjacent to an activating group) is 1. The van der Waals surface area contributed by atoms with Crippen LogP contribution < -0.4 is 4.74 Å². The SMILES string of the molecule is Cc1ccc(O[C@H](C)C(=O)N2CCC[C@@H]2c2ncc3c(n2)CCN(C)C3)c(C)c1. The number of carbonyl (C=O) groups excluding carboxylic acids is 1. The van der Waals surface area contributed by atoms with Crippen molar-refractivity contribution in [2.24, 2.45) is 0 Å². The van der Waals surface area contributed by atoms with E-state index in [1.807, 2.05) is 37.1 Å². The van der Waals surface area contributed by atoms with Gasteiger partial charge in [0.1, 0.15) is 5.75 Å². The van der Waals surface area contributed by atoms with Gasteiger partial charge in [0.05, 0.1) is 6.04 Å². The van der Waals surface area contributed by atoms with E-state index in [1.165, 1.54) is 11.1 Å². The molecule has 0 N–H and O–H groups in total. The quantitative estimate of drug-likeness (QED) is 0.797. The second-order valence-electron chi connectivity index (χ2n) is 8.41. The first kappa shape index (κ1) is 19.8. The minimum Gasteiger partial charge on any atom is -0.481 e. The predicted octanol–water partition coefficient (Wildman–Crippen LogP) is 3.21. The molecule has 4 rings (SSSR count). The number of rotatable bonds is 4. The lowest BCUT2D eigenvalue weighted by atomic mass is 10.1. The Balaban J connectivity index is 1.49. The highest BCUT2D eigenvalue weighted by Crippen LogP contribution is 2.32. The van der Waals surface area contributed by atoms with Crippen LogP contribution in [-0.2, 0) is 17.8 Å². The van der Waals surface area contributed by atoms with Gasteiger partial charge in [-0.05, 0) is 52.3 Å². The smallest absolute Gasteiger partial charge is 0.263 e. The Hall–Kier alpha value is -2.47. The molecule has 0 aliphatic carbocycles. The minimum atomic E-state index is -0.539. The van der Waals surface area contributed by atoms with Gasteiger partial charge >= 0.3 is 0 Å². The van der Waals surface area contributed by atoms with Crippen molar-refractivity contribution in [2.45, 2.75) is 58.7 Å². The summed E-state index contributed by atoms with van der Waals surface area (Å²) >= 11 is 0. The van der Waals surface area contributed by atoms with Crippen molar-refractivity contribution >= 4 is 5.91 Å². The summed E-state index contributed by atoms with van der Waals surface area (Å²) in [5, 5.41) is 0. The van der Waals surface area contributed by atoms with E-state index in [0.717, 1.165) is 61.7 Å². The van der Waals surface area contributed by atoms with Crippen LogP contribution >= 0.6 is 0 Å². The maximum atomic E-state index is 13.2. The molecule has 1 fully saturated rings. The van der Waals surface area contributed by atoms with E-state index in [2.05, 4.69) is 29.9 Å². The zero-order valence-electron chi connectivity index (χ0n) is 17.8. The third-order valence-corrected chi connectivity index (χ3v) is 5.96. The van der Waals surface area contributed by atoms with Gasteiger partial charge in [0.15, 0.2) is 11.9 Å². The first-order valence-corrected chi connectivity index (χ1v) is 10.5. The molecule has 3 heterocycles. The standard InChI is InChI=1S/C23H30N4O2/c1-15-7-8-21(16(2)12-15)29-17(3)23(28)27-10-5-6-20(27)22-24-13-18-14-26(4)11-9-19(18)25-22/h7-8,12-13,17,20H,5-6,9-11,14H2,1-4H3/t17-,20-/m1/s1. The van der Waals surface area contributed by atoms with Gasteiger partial charge in [-0.1, -0.05) is 17.7 Å². The molecule has 0 unspecified atom stereocenters. The molecule has 29 heavy (non-hydrogen) atoms. The highest BCUT2D eigenvalue weighted by atomic mass is 16.5. The molecule has 2 aliphatic rings. The number of fused-ring (bicyclic) bond motifs is 1. The highest BCUT2D eigenvalue weighted by Gasteiger charge is 2.35. The van der Waals surface area contributed by atoms with E-state index >= 15 is 0 Å². The number of benzene rings is 1. The van der Waals surface area contributed by atoms with Crippen molar-refractivity contribution in [1.82, 2.24) is 19.8 Å². The van der Waals surface area contributed by atoms with Gasteiger partial charge < -0.3 is 14.5 Å². The van der Waals surface area contributed by atoms with Crippen LogP contribution in [0.1, 0.15) is 54.0 Å². The molecule has 0 bridgehead atoms. The van der Waals surface area contributed by atoms with Crippen molar-refractivity contribution in [3.8, 4) is 5.75 Å². The first-order chi connectivity index (χ1) is 13.9. The van der Waals surface area contributed by atoms with Crippen LogP contribution in [0.3, 0.4) is 0 Å². The van der Waals surface area contributed by atoms with Crippen molar-refractivity contribution in [3.63, 3.8) is 0 Å². The fraction of sp³-hybridized carbons (Fsp3) is 0.522. The van der Waals surface area contributed by atoms with Crippen LogP contribution in [0.15, 0.2) is 24.4 Å². The number of ether oxygens (including phenoxy) is 1. The average molecular weight is 395 g/mol. The van der Waals surface area contributed by atoms with Crippen LogP contribution in [-0.4, -0.2) is 51.9 Å². The van der Waals surface area contributed by atoms with Gasteiger partial charge in [-0.2, -0.15) is 0 Å². The van der Waals surface area contributed by atoms with E-state index in [-0.39, 0.29) is 11.9 Å². The van der Waals surface area contributed by atoms with Crippen molar-refractivity contribution < 1.29 is 9.53 Å². The normalized spacial score (nSPS) is 20.4. The maximum absolute atomic E-state index is 13.2. The fourth-order valence-electron chi connectivity index (χ4n) is 4.34. The molecule has 2 aromatic rings. The molecule has 2 atom stereocenters. The van der Waals surface area contributed by atoms with Crippen LogP contribution in [0.2, 0.25) is 0 Å². The monoisotopic (exact) mass is 394 g/mol.